The third-order valence-electron chi connectivity index (χ3n) is 3.77. The minimum Gasteiger partial charge on any atom is -0.392 e. The zero-order chi connectivity index (χ0) is 14.0. The normalized spacial score (nSPS) is 31.8. The molecule has 100 valence electrons. The van der Waals surface area contributed by atoms with Gasteiger partial charge in [-0.15, -0.1) is 0 Å². The topological polar surface area (TPSA) is 57.5 Å². The van der Waals surface area contributed by atoms with Crippen LogP contribution in [0.3, 0.4) is 0 Å². The van der Waals surface area contributed by atoms with Gasteiger partial charge in [0.1, 0.15) is 11.4 Å². The van der Waals surface area contributed by atoms with E-state index in [2.05, 4.69) is 11.8 Å². The van der Waals surface area contributed by atoms with E-state index in [1.165, 1.54) is 0 Å². The Morgan fingerprint density at radius 2 is 2.17 bits per heavy atom. The van der Waals surface area contributed by atoms with Crippen molar-refractivity contribution in [2.45, 2.75) is 46.1 Å². The van der Waals surface area contributed by atoms with Gasteiger partial charge < -0.3 is 10.2 Å². The fraction of sp³-hybridized carbons (Fsp3) is 0.667. The lowest BCUT2D eigenvalue weighted by Gasteiger charge is -2.46. The predicted octanol–water partition coefficient (Wildman–Crippen LogP) is 1.68. The Balaban J connectivity index is 3.09. The molecule has 0 saturated heterocycles. The Hall–Kier alpha value is -1.11. The SMILES string of the molecule is C/C(C#C[C@]1(O)C(C)CC(=O)CC1(C)C)=C/CO. The van der Waals surface area contributed by atoms with Gasteiger partial charge in [0.2, 0.25) is 0 Å². The largest absolute Gasteiger partial charge is 0.392 e. The highest BCUT2D eigenvalue weighted by Gasteiger charge is 2.51. The van der Waals surface area contributed by atoms with Crippen LogP contribution in [-0.4, -0.2) is 28.2 Å². The average Bonchev–Trinajstić information content (AvgIpc) is 2.23. The molecule has 1 aliphatic carbocycles. The standard InChI is InChI=1S/C15H22O3/c1-11(6-8-16)5-7-15(18)12(2)9-13(17)10-14(15,3)4/h6,12,16,18H,8-10H2,1-4H3/b11-6-/t12?,15-/m0/s1. The Morgan fingerprint density at radius 1 is 1.56 bits per heavy atom. The van der Waals surface area contributed by atoms with E-state index in [-0.39, 0.29) is 18.3 Å². The third-order valence-corrected chi connectivity index (χ3v) is 3.77. The predicted molar refractivity (Wildman–Crippen MR) is 70.8 cm³/mol. The second kappa shape index (κ2) is 5.26. The van der Waals surface area contributed by atoms with Crippen molar-refractivity contribution in [1.29, 1.82) is 0 Å². The van der Waals surface area contributed by atoms with Gasteiger partial charge >= 0.3 is 0 Å². The smallest absolute Gasteiger partial charge is 0.134 e. The van der Waals surface area contributed by atoms with Gasteiger partial charge in [-0.2, -0.15) is 0 Å². The number of Topliss-reactive ketones (excluding diaryl/α,β-unsaturated/α-hetero) is 1. The molecule has 0 spiro atoms. The molecule has 0 aromatic heterocycles. The number of hydrogen-bond acceptors (Lipinski definition) is 3. The van der Waals surface area contributed by atoms with E-state index in [1.54, 1.807) is 13.0 Å². The Kier molecular flexibility index (Phi) is 4.37. The molecule has 0 aromatic rings. The van der Waals surface area contributed by atoms with E-state index in [9.17, 15) is 9.90 Å². The maximum Gasteiger partial charge on any atom is 0.134 e. The molecule has 1 fully saturated rings. The van der Waals surface area contributed by atoms with Crippen molar-refractivity contribution in [2.24, 2.45) is 11.3 Å². The number of carbonyl (C=O) groups excluding carboxylic acids is 1. The molecule has 0 bridgehead atoms. The van der Waals surface area contributed by atoms with E-state index >= 15 is 0 Å². The minimum atomic E-state index is -1.16. The highest BCUT2D eigenvalue weighted by Crippen LogP contribution is 2.45. The molecule has 18 heavy (non-hydrogen) atoms. The number of hydrogen-bond donors (Lipinski definition) is 2. The zero-order valence-corrected chi connectivity index (χ0v) is 11.6. The van der Waals surface area contributed by atoms with Crippen LogP contribution in [0.2, 0.25) is 0 Å². The van der Waals surface area contributed by atoms with Gasteiger partial charge in [-0.25, -0.2) is 0 Å². The summed E-state index contributed by atoms with van der Waals surface area (Å²) in [5.41, 5.74) is -0.981. The maximum absolute atomic E-state index is 11.6. The fourth-order valence-electron chi connectivity index (χ4n) is 2.53. The molecule has 0 aliphatic heterocycles. The van der Waals surface area contributed by atoms with Gasteiger partial charge in [-0.05, 0) is 18.6 Å². The second-order valence-electron chi connectivity index (χ2n) is 5.79. The van der Waals surface area contributed by atoms with Crippen molar-refractivity contribution in [3.05, 3.63) is 11.6 Å². The lowest BCUT2D eigenvalue weighted by molar-refractivity contribution is -0.140. The number of rotatable bonds is 1. The molecule has 1 unspecified atom stereocenters. The van der Waals surface area contributed by atoms with E-state index in [0.717, 1.165) is 5.57 Å². The molecule has 3 heteroatoms. The summed E-state index contributed by atoms with van der Waals surface area (Å²) in [4.78, 5) is 11.6. The summed E-state index contributed by atoms with van der Waals surface area (Å²) < 4.78 is 0. The van der Waals surface area contributed by atoms with Crippen LogP contribution >= 0.6 is 0 Å². The highest BCUT2D eigenvalue weighted by molar-refractivity contribution is 5.81. The number of allylic oxidation sites excluding steroid dienone is 1. The zero-order valence-electron chi connectivity index (χ0n) is 11.6. The van der Waals surface area contributed by atoms with E-state index in [1.807, 2.05) is 20.8 Å². The molecule has 0 aromatic carbocycles. The van der Waals surface area contributed by atoms with Crippen LogP contribution in [-0.2, 0) is 4.79 Å². The first-order valence-corrected chi connectivity index (χ1v) is 6.28. The molecule has 0 heterocycles. The van der Waals surface area contributed by atoms with Crippen LogP contribution < -0.4 is 0 Å². The molecular weight excluding hydrogens is 228 g/mol. The highest BCUT2D eigenvalue weighted by atomic mass is 16.3. The summed E-state index contributed by atoms with van der Waals surface area (Å²) in [6.07, 6.45) is 2.32. The first kappa shape index (κ1) is 14.9. The monoisotopic (exact) mass is 250 g/mol. The molecule has 1 saturated carbocycles. The van der Waals surface area contributed by atoms with E-state index < -0.39 is 11.0 Å². The van der Waals surface area contributed by atoms with Gasteiger partial charge in [-0.1, -0.05) is 32.6 Å². The van der Waals surface area contributed by atoms with Crippen LogP contribution in [0.5, 0.6) is 0 Å². The van der Waals surface area contributed by atoms with Gasteiger partial charge in [0.05, 0.1) is 6.61 Å². The molecular formula is C15H22O3. The number of carbonyl (C=O) groups is 1. The lowest BCUT2D eigenvalue weighted by Crippen LogP contribution is -2.53. The van der Waals surface area contributed by atoms with Gasteiger partial charge in [0.25, 0.3) is 0 Å². The summed E-state index contributed by atoms with van der Waals surface area (Å²) >= 11 is 0. The van der Waals surface area contributed by atoms with Crippen molar-refractivity contribution >= 4 is 5.78 Å². The summed E-state index contributed by atoms with van der Waals surface area (Å²) in [6.45, 7) is 7.34. The fourth-order valence-corrected chi connectivity index (χ4v) is 2.53. The second-order valence-corrected chi connectivity index (χ2v) is 5.79. The number of ketones is 1. The molecule has 3 nitrogen and oxygen atoms in total. The summed E-state index contributed by atoms with van der Waals surface area (Å²) in [7, 11) is 0. The minimum absolute atomic E-state index is 0.0592. The quantitative estimate of drug-likeness (QED) is 0.696. The Labute approximate surface area is 109 Å². The Morgan fingerprint density at radius 3 is 2.67 bits per heavy atom. The number of aliphatic hydroxyl groups excluding tert-OH is 1. The Bertz CT molecular complexity index is 423. The van der Waals surface area contributed by atoms with Crippen molar-refractivity contribution < 1.29 is 15.0 Å². The first-order chi connectivity index (χ1) is 8.23. The van der Waals surface area contributed by atoms with Crippen LogP contribution in [0.4, 0.5) is 0 Å². The molecule has 0 amide bonds. The van der Waals surface area contributed by atoms with E-state index in [4.69, 9.17) is 5.11 Å². The van der Waals surface area contributed by atoms with Crippen molar-refractivity contribution in [2.75, 3.05) is 6.61 Å². The molecule has 2 N–H and O–H groups in total. The summed E-state index contributed by atoms with van der Waals surface area (Å²) in [5.74, 6) is 5.81. The molecule has 1 rings (SSSR count). The van der Waals surface area contributed by atoms with Crippen molar-refractivity contribution in [3.8, 4) is 11.8 Å². The molecule has 1 aliphatic rings. The van der Waals surface area contributed by atoms with Gasteiger partial charge in [0, 0.05) is 24.2 Å². The van der Waals surface area contributed by atoms with Crippen molar-refractivity contribution in [3.63, 3.8) is 0 Å². The van der Waals surface area contributed by atoms with Gasteiger partial charge in [0.15, 0.2) is 0 Å². The van der Waals surface area contributed by atoms with Crippen molar-refractivity contribution in [1.82, 2.24) is 0 Å². The average molecular weight is 250 g/mol. The van der Waals surface area contributed by atoms with Crippen LogP contribution in [0.1, 0.15) is 40.5 Å². The first-order valence-electron chi connectivity index (χ1n) is 6.28. The molecule has 0 radical (unpaired) electrons. The van der Waals surface area contributed by atoms with E-state index in [0.29, 0.717) is 12.8 Å². The number of aliphatic hydroxyl groups is 2. The maximum atomic E-state index is 11.6. The summed E-state index contributed by atoms with van der Waals surface area (Å²) in [6, 6.07) is 0. The van der Waals surface area contributed by atoms with Crippen LogP contribution in [0, 0.1) is 23.2 Å². The van der Waals surface area contributed by atoms with Crippen LogP contribution in [0.15, 0.2) is 11.6 Å². The lowest BCUT2D eigenvalue weighted by atomic mass is 9.60. The van der Waals surface area contributed by atoms with Gasteiger partial charge in [-0.3, -0.25) is 4.79 Å². The molecule has 2 atom stereocenters. The third kappa shape index (κ3) is 2.82. The summed E-state index contributed by atoms with van der Waals surface area (Å²) in [5, 5.41) is 19.6. The van der Waals surface area contributed by atoms with Crippen LogP contribution in [0.25, 0.3) is 0 Å².